The molecule has 1 saturated heterocycles. The monoisotopic (exact) mass is 223 g/mol. The molecule has 0 unspecified atom stereocenters. The summed E-state index contributed by atoms with van der Waals surface area (Å²) in [4.78, 5) is 2.51. The third kappa shape index (κ3) is 2.46. The van der Waals surface area contributed by atoms with Crippen LogP contribution < -0.4 is 4.90 Å². The normalized spacial score (nSPS) is 20.9. The Labute approximate surface area is 97.0 Å². The number of benzene rings is 1. The van der Waals surface area contributed by atoms with Gasteiger partial charge in [-0.25, -0.2) is 0 Å². The number of halogens is 1. The van der Waals surface area contributed by atoms with Crippen molar-refractivity contribution < 1.29 is 0 Å². The number of hydrogen-bond donors (Lipinski definition) is 0. The molecule has 0 saturated carbocycles. The zero-order valence-electron chi connectivity index (χ0n) is 9.25. The van der Waals surface area contributed by atoms with Crippen LogP contribution in [0.25, 0.3) is 0 Å². The van der Waals surface area contributed by atoms with Crippen LogP contribution in [0, 0.1) is 0 Å². The molecule has 1 aliphatic rings. The Kier molecular flexibility index (Phi) is 3.53. The highest BCUT2D eigenvalue weighted by Gasteiger charge is 2.23. The number of nitrogens with zero attached hydrogens (tertiary/aromatic N) is 1. The van der Waals surface area contributed by atoms with Crippen LogP contribution in [0.5, 0.6) is 0 Å². The predicted molar refractivity (Wildman–Crippen MR) is 66.7 cm³/mol. The van der Waals surface area contributed by atoms with Crippen LogP contribution in [0.15, 0.2) is 24.3 Å². The van der Waals surface area contributed by atoms with E-state index in [1.54, 1.807) is 0 Å². The standard InChI is InChI=1S/C13H18ClN/c1-2-5-12-8-4-9-15(12)13-7-3-6-11(14)10-13/h3,6-7,10,12H,2,4-5,8-9H2,1H3/t12-/m1/s1. The molecule has 0 aliphatic carbocycles. The lowest BCUT2D eigenvalue weighted by molar-refractivity contribution is 0.600. The molecule has 1 atom stereocenters. The molecule has 1 aliphatic heterocycles. The van der Waals surface area contributed by atoms with E-state index in [9.17, 15) is 0 Å². The van der Waals surface area contributed by atoms with Crippen molar-refractivity contribution in [3.63, 3.8) is 0 Å². The topological polar surface area (TPSA) is 3.24 Å². The molecule has 2 heteroatoms. The zero-order chi connectivity index (χ0) is 10.7. The Balaban J connectivity index is 2.15. The molecule has 0 radical (unpaired) electrons. The molecule has 0 aromatic heterocycles. The first-order chi connectivity index (χ1) is 7.31. The Hall–Kier alpha value is -0.690. The summed E-state index contributed by atoms with van der Waals surface area (Å²) in [6, 6.07) is 8.96. The Morgan fingerprint density at radius 2 is 2.33 bits per heavy atom. The lowest BCUT2D eigenvalue weighted by atomic mass is 10.1. The summed E-state index contributed by atoms with van der Waals surface area (Å²) in [7, 11) is 0. The maximum atomic E-state index is 6.02. The minimum Gasteiger partial charge on any atom is -0.369 e. The van der Waals surface area contributed by atoms with Crippen LogP contribution in [0.1, 0.15) is 32.6 Å². The highest BCUT2D eigenvalue weighted by atomic mass is 35.5. The first-order valence-corrected chi connectivity index (χ1v) is 6.21. The van der Waals surface area contributed by atoms with Crippen molar-refractivity contribution in [1.29, 1.82) is 0 Å². The lowest BCUT2D eigenvalue weighted by Gasteiger charge is -2.26. The van der Waals surface area contributed by atoms with E-state index in [0.29, 0.717) is 0 Å². The molecule has 0 amide bonds. The molecular weight excluding hydrogens is 206 g/mol. The minimum absolute atomic E-state index is 0.730. The van der Waals surface area contributed by atoms with Gasteiger partial charge in [0.2, 0.25) is 0 Å². The van der Waals surface area contributed by atoms with Gasteiger partial charge in [-0.15, -0.1) is 0 Å². The van der Waals surface area contributed by atoms with Crippen molar-refractivity contribution in [3.05, 3.63) is 29.3 Å². The van der Waals surface area contributed by atoms with Crippen LogP contribution in [-0.2, 0) is 0 Å². The van der Waals surface area contributed by atoms with Crippen LogP contribution in [-0.4, -0.2) is 12.6 Å². The predicted octanol–water partition coefficient (Wildman–Crippen LogP) is 4.11. The molecule has 0 bridgehead atoms. The minimum atomic E-state index is 0.730. The zero-order valence-corrected chi connectivity index (χ0v) is 10.0. The fraction of sp³-hybridized carbons (Fsp3) is 0.538. The third-order valence-electron chi connectivity index (χ3n) is 3.14. The summed E-state index contributed by atoms with van der Waals surface area (Å²) in [6.07, 6.45) is 5.21. The average molecular weight is 224 g/mol. The Bertz CT molecular complexity index is 324. The van der Waals surface area contributed by atoms with Gasteiger partial charge >= 0.3 is 0 Å². The van der Waals surface area contributed by atoms with Gasteiger partial charge in [0.05, 0.1) is 0 Å². The van der Waals surface area contributed by atoms with Gasteiger partial charge in [-0.05, 0) is 37.5 Å². The van der Waals surface area contributed by atoms with Gasteiger partial charge in [-0.1, -0.05) is 31.0 Å². The van der Waals surface area contributed by atoms with Crippen LogP contribution in [0.3, 0.4) is 0 Å². The van der Waals surface area contributed by atoms with Crippen molar-refractivity contribution in [2.24, 2.45) is 0 Å². The van der Waals surface area contributed by atoms with Crippen molar-refractivity contribution in [2.45, 2.75) is 38.6 Å². The van der Waals surface area contributed by atoms with E-state index in [0.717, 1.165) is 11.1 Å². The highest BCUT2D eigenvalue weighted by Crippen LogP contribution is 2.29. The van der Waals surface area contributed by atoms with Gasteiger partial charge < -0.3 is 4.90 Å². The molecule has 1 aromatic rings. The summed E-state index contributed by atoms with van der Waals surface area (Å²) in [5.74, 6) is 0. The van der Waals surface area contributed by atoms with Gasteiger partial charge in [0.1, 0.15) is 0 Å². The van der Waals surface area contributed by atoms with Crippen LogP contribution >= 0.6 is 11.6 Å². The second-order valence-electron chi connectivity index (χ2n) is 4.26. The maximum Gasteiger partial charge on any atom is 0.0426 e. The van der Waals surface area contributed by atoms with E-state index in [1.165, 1.54) is 37.9 Å². The molecule has 1 aromatic carbocycles. The molecule has 82 valence electrons. The number of anilines is 1. The summed E-state index contributed by atoms with van der Waals surface area (Å²) in [5.41, 5.74) is 1.29. The Morgan fingerprint density at radius 1 is 1.47 bits per heavy atom. The number of hydrogen-bond acceptors (Lipinski definition) is 1. The van der Waals surface area contributed by atoms with E-state index in [4.69, 9.17) is 11.6 Å². The average Bonchev–Trinajstić information content (AvgIpc) is 2.66. The molecule has 1 fully saturated rings. The Morgan fingerprint density at radius 3 is 3.07 bits per heavy atom. The van der Waals surface area contributed by atoms with E-state index < -0.39 is 0 Å². The van der Waals surface area contributed by atoms with Crippen molar-refractivity contribution in [2.75, 3.05) is 11.4 Å². The fourth-order valence-electron chi connectivity index (χ4n) is 2.46. The van der Waals surface area contributed by atoms with Crippen molar-refractivity contribution >= 4 is 17.3 Å². The van der Waals surface area contributed by atoms with E-state index in [-0.39, 0.29) is 0 Å². The third-order valence-corrected chi connectivity index (χ3v) is 3.37. The molecule has 0 N–H and O–H groups in total. The molecule has 1 nitrogen and oxygen atoms in total. The maximum absolute atomic E-state index is 6.02. The number of rotatable bonds is 3. The second kappa shape index (κ2) is 4.89. The summed E-state index contributed by atoms with van der Waals surface area (Å²) in [6.45, 7) is 3.44. The van der Waals surface area contributed by atoms with Crippen molar-refractivity contribution in [3.8, 4) is 0 Å². The SMILES string of the molecule is CCC[C@@H]1CCCN1c1cccc(Cl)c1. The molecule has 15 heavy (non-hydrogen) atoms. The lowest BCUT2D eigenvalue weighted by Crippen LogP contribution is -2.28. The summed E-state index contributed by atoms with van der Waals surface area (Å²) < 4.78 is 0. The summed E-state index contributed by atoms with van der Waals surface area (Å²) >= 11 is 6.02. The van der Waals surface area contributed by atoms with Crippen LogP contribution in [0.4, 0.5) is 5.69 Å². The first-order valence-electron chi connectivity index (χ1n) is 5.83. The highest BCUT2D eigenvalue weighted by molar-refractivity contribution is 6.30. The quantitative estimate of drug-likeness (QED) is 0.746. The fourth-order valence-corrected chi connectivity index (χ4v) is 2.65. The van der Waals surface area contributed by atoms with Gasteiger partial charge in [-0.3, -0.25) is 0 Å². The molecule has 2 rings (SSSR count). The van der Waals surface area contributed by atoms with Gasteiger partial charge in [0.15, 0.2) is 0 Å². The second-order valence-corrected chi connectivity index (χ2v) is 4.69. The summed E-state index contributed by atoms with van der Waals surface area (Å²) in [5, 5.41) is 0.842. The first kappa shape index (κ1) is 10.8. The van der Waals surface area contributed by atoms with Crippen molar-refractivity contribution in [1.82, 2.24) is 0 Å². The largest absolute Gasteiger partial charge is 0.369 e. The molecular formula is C13H18ClN. The molecule has 1 heterocycles. The van der Waals surface area contributed by atoms with E-state index >= 15 is 0 Å². The smallest absolute Gasteiger partial charge is 0.0426 e. The van der Waals surface area contributed by atoms with Gasteiger partial charge in [0.25, 0.3) is 0 Å². The van der Waals surface area contributed by atoms with E-state index in [2.05, 4.69) is 24.0 Å². The van der Waals surface area contributed by atoms with E-state index in [1.807, 2.05) is 12.1 Å². The van der Waals surface area contributed by atoms with Crippen LogP contribution in [0.2, 0.25) is 5.02 Å². The van der Waals surface area contributed by atoms with Gasteiger partial charge in [-0.2, -0.15) is 0 Å². The molecule has 0 spiro atoms. The van der Waals surface area contributed by atoms with Gasteiger partial charge in [0, 0.05) is 23.3 Å².